The third kappa shape index (κ3) is 6.02. The van der Waals surface area contributed by atoms with E-state index in [2.05, 4.69) is 15.8 Å². The second-order valence-corrected chi connectivity index (χ2v) is 6.69. The smallest absolute Gasteiger partial charge is 0.279 e. The fraction of sp³-hybridized carbons (Fsp3) is 0.174. The van der Waals surface area contributed by atoms with E-state index in [0.29, 0.717) is 5.88 Å². The van der Waals surface area contributed by atoms with E-state index < -0.39 is 23.7 Å². The zero-order valence-electron chi connectivity index (χ0n) is 17.0. The maximum Gasteiger partial charge on any atom is 0.279 e. The number of carbonyl (C=O) groups excluding carboxylic acids is 2. The van der Waals surface area contributed by atoms with Crippen LogP contribution in [0.2, 0.25) is 0 Å². The van der Waals surface area contributed by atoms with E-state index in [-0.39, 0.29) is 17.4 Å². The minimum absolute atomic E-state index is 0.0546. The summed E-state index contributed by atoms with van der Waals surface area (Å²) in [4.78, 5) is 28.5. The first-order valence-electron chi connectivity index (χ1n) is 9.63. The summed E-state index contributed by atoms with van der Waals surface area (Å²) >= 11 is 0. The number of para-hydroxylation sites is 1. The molecule has 2 N–H and O–H groups in total. The predicted molar refractivity (Wildman–Crippen MR) is 112 cm³/mol. The predicted octanol–water partition coefficient (Wildman–Crippen LogP) is 3.59. The first kappa shape index (κ1) is 21.8. The highest BCUT2D eigenvalue weighted by Gasteiger charge is 2.17. The molecule has 0 spiro atoms. The number of pyridine rings is 1. The fourth-order valence-electron chi connectivity index (χ4n) is 2.63. The molecular weight excluding hydrogens is 401 g/mol. The van der Waals surface area contributed by atoms with Crippen LogP contribution in [-0.2, 0) is 4.79 Å². The van der Waals surface area contributed by atoms with Crippen molar-refractivity contribution in [1.29, 1.82) is 0 Å². The summed E-state index contributed by atoms with van der Waals surface area (Å²) < 4.78 is 24.7. The molecule has 3 aromatic rings. The lowest BCUT2D eigenvalue weighted by molar-refractivity contribution is -0.128. The molecule has 1 aromatic heterocycles. The van der Waals surface area contributed by atoms with E-state index in [9.17, 15) is 14.0 Å². The van der Waals surface area contributed by atoms with Crippen LogP contribution in [0.4, 0.5) is 4.39 Å². The Morgan fingerprint density at radius 1 is 0.903 bits per heavy atom. The van der Waals surface area contributed by atoms with E-state index in [4.69, 9.17) is 9.47 Å². The molecule has 7 nitrogen and oxygen atoms in total. The first-order chi connectivity index (χ1) is 14.9. The number of nitrogens with one attached hydrogen (secondary N) is 2. The van der Waals surface area contributed by atoms with Crippen molar-refractivity contribution in [1.82, 2.24) is 15.8 Å². The Balaban J connectivity index is 1.50. The van der Waals surface area contributed by atoms with Gasteiger partial charge in [0.25, 0.3) is 11.8 Å². The van der Waals surface area contributed by atoms with Gasteiger partial charge in [-0.15, -0.1) is 0 Å². The zero-order chi connectivity index (χ0) is 22.2. The van der Waals surface area contributed by atoms with Gasteiger partial charge in [-0.3, -0.25) is 20.4 Å². The van der Waals surface area contributed by atoms with Gasteiger partial charge in [-0.2, -0.15) is 0 Å². The molecule has 0 bridgehead atoms. The Labute approximate surface area is 179 Å². The quantitative estimate of drug-likeness (QED) is 0.567. The van der Waals surface area contributed by atoms with Crippen molar-refractivity contribution in [3.63, 3.8) is 0 Å². The SMILES string of the molecule is C[C@H](Oc1ccccc1F)C(=O)NNC(=O)c1ccc(O[C@@H](C)c2ccccc2)nc1. The number of aromatic nitrogens is 1. The Morgan fingerprint density at radius 2 is 1.61 bits per heavy atom. The van der Waals surface area contributed by atoms with Crippen LogP contribution in [0.3, 0.4) is 0 Å². The molecule has 0 aliphatic heterocycles. The fourth-order valence-corrected chi connectivity index (χ4v) is 2.63. The topological polar surface area (TPSA) is 89.6 Å². The van der Waals surface area contributed by atoms with Gasteiger partial charge in [0.15, 0.2) is 17.7 Å². The van der Waals surface area contributed by atoms with Gasteiger partial charge < -0.3 is 9.47 Å². The van der Waals surface area contributed by atoms with Crippen LogP contribution in [0.15, 0.2) is 72.9 Å². The Kier molecular flexibility index (Phi) is 7.16. The van der Waals surface area contributed by atoms with Crippen LogP contribution in [0.5, 0.6) is 11.6 Å². The van der Waals surface area contributed by atoms with Crippen molar-refractivity contribution in [2.24, 2.45) is 0 Å². The minimum Gasteiger partial charge on any atom is -0.478 e. The molecule has 0 saturated heterocycles. The van der Waals surface area contributed by atoms with Crippen LogP contribution in [0, 0.1) is 5.82 Å². The molecule has 1 heterocycles. The van der Waals surface area contributed by atoms with Gasteiger partial charge >= 0.3 is 0 Å². The number of hydrazine groups is 1. The molecule has 0 aliphatic rings. The lowest BCUT2D eigenvalue weighted by atomic mass is 10.1. The average Bonchev–Trinajstić information content (AvgIpc) is 2.79. The number of hydrogen-bond acceptors (Lipinski definition) is 5. The largest absolute Gasteiger partial charge is 0.478 e. The summed E-state index contributed by atoms with van der Waals surface area (Å²) in [5, 5.41) is 0. The summed E-state index contributed by atoms with van der Waals surface area (Å²) in [5.41, 5.74) is 5.74. The Bertz CT molecular complexity index is 1030. The van der Waals surface area contributed by atoms with Crippen molar-refractivity contribution in [3.05, 3.63) is 89.9 Å². The summed E-state index contributed by atoms with van der Waals surface area (Å²) in [5.74, 6) is -1.48. The molecule has 3 rings (SSSR count). The lowest BCUT2D eigenvalue weighted by Crippen LogP contribution is -2.47. The van der Waals surface area contributed by atoms with Crippen molar-refractivity contribution < 1.29 is 23.5 Å². The van der Waals surface area contributed by atoms with Gasteiger partial charge in [0.1, 0.15) is 6.10 Å². The molecule has 160 valence electrons. The number of nitrogens with zero attached hydrogens (tertiary/aromatic N) is 1. The zero-order valence-corrected chi connectivity index (χ0v) is 17.0. The number of carbonyl (C=O) groups is 2. The van der Waals surface area contributed by atoms with Gasteiger partial charge in [0.05, 0.1) is 5.56 Å². The molecular formula is C23H22FN3O4. The van der Waals surface area contributed by atoms with Crippen LogP contribution in [0.25, 0.3) is 0 Å². The third-order valence-electron chi connectivity index (χ3n) is 4.37. The van der Waals surface area contributed by atoms with Crippen molar-refractivity contribution >= 4 is 11.8 Å². The summed E-state index contributed by atoms with van der Waals surface area (Å²) in [6.07, 6.45) is 0.113. The van der Waals surface area contributed by atoms with Crippen LogP contribution in [0.1, 0.15) is 35.9 Å². The van der Waals surface area contributed by atoms with Crippen LogP contribution in [-0.4, -0.2) is 22.9 Å². The highest BCUT2D eigenvalue weighted by atomic mass is 19.1. The standard InChI is InChI=1S/C23H22FN3O4/c1-15(17-8-4-3-5-9-17)31-21-13-12-18(14-25-21)23(29)27-26-22(28)16(2)30-20-11-7-6-10-19(20)24/h3-16H,1-2H3,(H,26,28)(H,27,29)/t15-,16-/m0/s1. The van der Waals surface area contributed by atoms with Gasteiger partial charge in [-0.1, -0.05) is 42.5 Å². The second-order valence-electron chi connectivity index (χ2n) is 6.69. The van der Waals surface area contributed by atoms with Crippen molar-refractivity contribution in [2.45, 2.75) is 26.1 Å². The molecule has 2 atom stereocenters. The van der Waals surface area contributed by atoms with E-state index in [0.717, 1.165) is 5.56 Å². The maximum atomic E-state index is 13.6. The van der Waals surface area contributed by atoms with E-state index in [1.807, 2.05) is 37.3 Å². The lowest BCUT2D eigenvalue weighted by Gasteiger charge is -2.16. The number of amides is 2. The number of ether oxygens (including phenoxy) is 2. The molecule has 31 heavy (non-hydrogen) atoms. The summed E-state index contributed by atoms with van der Waals surface area (Å²) in [7, 11) is 0. The Morgan fingerprint density at radius 3 is 2.29 bits per heavy atom. The average molecular weight is 423 g/mol. The number of benzene rings is 2. The third-order valence-corrected chi connectivity index (χ3v) is 4.37. The molecule has 2 amide bonds. The van der Waals surface area contributed by atoms with E-state index in [1.165, 1.54) is 37.4 Å². The molecule has 0 fully saturated rings. The van der Waals surface area contributed by atoms with Gasteiger partial charge in [-0.25, -0.2) is 9.37 Å². The Hall–Kier alpha value is -3.94. The molecule has 2 aromatic carbocycles. The first-order valence-corrected chi connectivity index (χ1v) is 9.63. The highest BCUT2D eigenvalue weighted by Crippen LogP contribution is 2.20. The second kappa shape index (κ2) is 10.2. The molecule has 8 heteroatoms. The molecule has 0 aliphatic carbocycles. The van der Waals surface area contributed by atoms with Crippen molar-refractivity contribution in [3.8, 4) is 11.6 Å². The normalized spacial score (nSPS) is 12.4. The van der Waals surface area contributed by atoms with Crippen LogP contribution < -0.4 is 20.3 Å². The van der Waals surface area contributed by atoms with Crippen molar-refractivity contribution in [2.75, 3.05) is 0 Å². The highest BCUT2D eigenvalue weighted by molar-refractivity contribution is 5.95. The minimum atomic E-state index is -1.02. The van der Waals surface area contributed by atoms with E-state index >= 15 is 0 Å². The van der Waals surface area contributed by atoms with Gasteiger partial charge in [0, 0.05) is 12.3 Å². The monoisotopic (exact) mass is 423 g/mol. The summed E-state index contributed by atoms with van der Waals surface area (Å²) in [6, 6.07) is 18.5. The number of rotatable bonds is 7. The van der Waals surface area contributed by atoms with Crippen LogP contribution >= 0.6 is 0 Å². The van der Waals surface area contributed by atoms with Gasteiger partial charge in [-0.05, 0) is 37.6 Å². The van der Waals surface area contributed by atoms with E-state index in [1.54, 1.807) is 12.1 Å². The molecule has 0 unspecified atom stereocenters. The number of hydrogen-bond donors (Lipinski definition) is 2. The maximum absolute atomic E-state index is 13.6. The molecule has 0 radical (unpaired) electrons. The van der Waals surface area contributed by atoms with Gasteiger partial charge in [0.2, 0.25) is 5.88 Å². The molecule has 0 saturated carbocycles. The summed E-state index contributed by atoms with van der Waals surface area (Å²) in [6.45, 7) is 3.34. The number of halogens is 1.